The minimum absolute atomic E-state index is 0.0166. The molecule has 4 N–H and O–H groups in total. The molecule has 12 heteroatoms. The number of nitrogens with two attached hydrogens (primary N) is 1. The van der Waals surface area contributed by atoms with Gasteiger partial charge >= 0.3 is 6.18 Å². The van der Waals surface area contributed by atoms with Crippen molar-refractivity contribution in [3.05, 3.63) is 71.6 Å². The summed E-state index contributed by atoms with van der Waals surface area (Å²) < 4.78 is 85.4. The molecule has 0 aliphatic carbocycles. The molecule has 196 valence electrons. The summed E-state index contributed by atoms with van der Waals surface area (Å²) in [7, 11) is -5.08. The van der Waals surface area contributed by atoms with Gasteiger partial charge in [0.15, 0.2) is 9.84 Å². The lowest BCUT2D eigenvalue weighted by Gasteiger charge is -2.35. The Hall–Kier alpha value is -2.75. The zero-order valence-electron chi connectivity index (χ0n) is 20.5. The Bertz CT molecular complexity index is 1380. The van der Waals surface area contributed by atoms with E-state index in [4.69, 9.17) is 10.5 Å². The second-order valence-electron chi connectivity index (χ2n) is 9.08. The number of methoxy groups -OCH3 is 1. The molecule has 1 heterocycles. The van der Waals surface area contributed by atoms with Crippen LogP contribution < -0.4 is 26.4 Å². The van der Waals surface area contributed by atoms with Crippen LogP contribution >= 0.6 is 7.14 Å². The van der Waals surface area contributed by atoms with Crippen molar-refractivity contribution in [1.29, 1.82) is 0 Å². The van der Waals surface area contributed by atoms with E-state index < -0.39 is 45.3 Å². The smallest absolute Gasteiger partial charge is 0.419 e. The molecule has 2 aromatic carbocycles. The molecule has 0 amide bonds. The van der Waals surface area contributed by atoms with Crippen molar-refractivity contribution in [3.63, 3.8) is 0 Å². The number of benzene rings is 2. The van der Waals surface area contributed by atoms with Crippen molar-refractivity contribution >= 4 is 28.0 Å². The predicted molar refractivity (Wildman–Crippen MR) is 136 cm³/mol. The molecule has 0 aromatic heterocycles. The highest BCUT2D eigenvalue weighted by Crippen LogP contribution is 2.41. The van der Waals surface area contributed by atoms with E-state index in [1.54, 1.807) is 31.5 Å². The lowest BCUT2D eigenvalue weighted by atomic mass is 9.93. The Morgan fingerprint density at radius 1 is 1.14 bits per heavy atom. The average Bonchev–Trinajstić information content (AvgIpc) is 2.77. The molecule has 2 aromatic rings. The summed E-state index contributed by atoms with van der Waals surface area (Å²) in [6.07, 6.45) is -2.91. The zero-order valence-corrected chi connectivity index (χ0v) is 22.2. The van der Waals surface area contributed by atoms with Gasteiger partial charge in [0.25, 0.3) is 0 Å². The van der Waals surface area contributed by atoms with E-state index in [1.165, 1.54) is 45.2 Å². The van der Waals surface area contributed by atoms with E-state index in [0.29, 0.717) is 10.9 Å². The van der Waals surface area contributed by atoms with Crippen LogP contribution in [0.1, 0.15) is 19.4 Å². The number of sulfone groups is 1. The maximum atomic E-state index is 13.9. The molecule has 1 aliphatic heterocycles. The van der Waals surface area contributed by atoms with Crippen molar-refractivity contribution in [2.24, 2.45) is 5.73 Å². The van der Waals surface area contributed by atoms with Crippen molar-refractivity contribution in [2.75, 3.05) is 25.8 Å². The third-order valence-corrected chi connectivity index (χ3v) is 9.49. The largest absolute Gasteiger partial charge is 0.496 e. The number of dihydropyridines is 1. The van der Waals surface area contributed by atoms with Crippen LogP contribution in [0.4, 0.5) is 18.9 Å². The van der Waals surface area contributed by atoms with E-state index in [0.717, 1.165) is 12.3 Å². The van der Waals surface area contributed by atoms with Gasteiger partial charge in [-0.25, -0.2) is 8.42 Å². The van der Waals surface area contributed by atoms with Gasteiger partial charge in [0, 0.05) is 17.1 Å². The molecule has 1 atom stereocenters. The van der Waals surface area contributed by atoms with Gasteiger partial charge in [-0.2, -0.15) is 13.2 Å². The van der Waals surface area contributed by atoms with Gasteiger partial charge in [-0.05, 0) is 51.5 Å². The van der Waals surface area contributed by atoms with E-state index in [1.807, 2.05) is 0 Å². The Kier molecular flexibility index (Phi) is 7.43. The first-order valence-electron chi connectivity index (χ1n) is 10.9. The first kappa shape index (κ1) is 27.8. The fraction of sp³-hybridized carbons (Fsp3) is 0.333. The predicted octanol–water partition coefficient (Wildman–Crippen LogP) is 4.28. The molecule has 0 fully saturated rings. The van der Waals surface area contributed by atoms with Crippen LogP contribution in [0.25, 0.3) is 0 Å². The SMILES string of the molecule is COc1cc(P(C)(C)=O)ccc1C1(N)C=C(Nc2ccccc2S(=O)(=O)C(C)C)C(C(F)(F)F)=CN1. The Morgan fingerprint density at radius 3 is 2.33 bits per heavy atom. The fourth-order valence-corrected chi connectivity index (χ4v) is 5.75. The molecule has 0 spiro atoms. The number of hydrogen-bond acceptors (Lipinski definition) is 7. The van der Waals surface area contributed by atoms with Crippen LogP contribution in [0.15, 0.2) is 70.9 Å². The van der Waals surface area contributed by atoms with Crippen LogP contribution in [-0.4, -0.2) is 40.3 Å². The van der Waals surface area contributed by atoms with Gasteiger partial charge < -0.3 is 25.7 Å². The van der Waals surface area contributed by atoms with Crippen molar-refractivity contribution in [3.8, 4) is 5.75 Å². The number of anilines is 1. The topological polar surface area (TPSA) is 111 Å². The molecule has 0 bridgehead atoms. The highest BCUT2D eigenvalue weighted by molar-refractivity contribution is 7.92. The van der Waals surface area contributed by atoms with Crippen molar-refractivity contribution < 1.29 is 30.9 Å². The maximum absolute atomic E-state index is 13.9. The summed E-state index contributed by atoms with van der Waals surface area (Å²) >= 11 is 0. The number of ether oxygens (including phenoxy) is 1. The van der Waals surface area contributed by atoms with Crippen LogP contribution in [0.3, 0.4) is 0 Å². The number of halogens is 3. The molecule has 36 heavy (non-hydrogen) atoms. The minimum atomic E-state index is -4.77. The lowest BCUT2D eigenvalue weighted by Crippen LogP contribution is -2.50. The molecule has 0 saturated heterocycles. The van der Waals surface area contributed by atoms with E-state index in [9.17, 15) is 26.2 Å². The average molecular weight is 544 g/mol. The second kappa shape index (κ2) is 9.61. The highest BCUT2D eigenvalue weighted by Gasteiger charge is 2.42. The monoisotopic (exact) mass is 543 g/mol. The lowest BCUT2D eigenvalue weighted by molar-refractivity contribution is -0.0900. The molecule has 0 saturated carbocycles. The van der Waals surface area contributed by atoms with Gasteiger partial charge in [0.2, 0.25) is 0 Å². The van der Waals surface area contributed by atoms with Gasteiger partial charge in [-0.15, -0.1) is 0 Å². The minimum Gasteiger partial charge on any atom is -0.496 e. The molecule has 0 radical (unpaired) electrons. The third-order valence-electron chi connectivity index (χ3n) is 5.76. The summed E-state index contributed by atoms with van der Waals surface area (Å²) in [6.45, 7) is 6.15. The number of allylic oxidation sites excluding steroid dienone is 1. The van der Waals surface area contributed by atoms with Crippen molar-refractivity contribution in [2.45, 2.75) is 35.8 Å². The first-order chi connectivity index (χ1) is 16.5. The van der Waals surface area contributed by atoms with E-state index in [2.05, 4.69) is 10.6 Å². The number of nitrogens with one attached hydrogen (secondary N) is 2. The zero-order chi connectivity index (χ0) is 27.1. The Balaban J connectivity index is 2.17. The molecular formula is C24H29F3N3O4PS. The van der Waals surface area contributed by atoms with Gasteiger partial charge in [0.05, 0.1) is 34.2 Å². The van der Waals surface area contributed by atoms with E-state index >= 15 is 0 Å². The normalized spacial score (nSPS) is 18.8. The quantitative estimate of drug-likeness (QED) is 0.447. The van der Waals surface area contributed by atoms with Gasteiger partial charge in [-0.1, -0.05) is 24.3 Å². The van der Waals surface area contributed by atoms with Crippen LogP contribution in [0.5, 0.6) is 5.75 Å². The molecule has 7 nitrogen and oxygen atoms in total. The Morgan fingerprint density at radius 2 is 1.78 bits per heavy atom. The fourth-order valence-electron chi connectivity index (χ4n) is 3.68. The summed E-state index contributed by atoms with van der Waals surface area (Å²) in [4.78, 5) is -0.132. The summed E-state index contributed by atoms with van der Waals surface area (Å²) in [5, 5.41) is 4.98. The van der Waals surface area contributed by atoms with Gasteiger partial charge in [0.1, 0.15) is 18.6 Å². The standard InChI is InChI=1S/C24H29F3N3O4PS/c1-15(2)36(32,33)22-9-7-6-8-19(22)30-20-13-23(28,29-14-18(20)24(25,26)27)17-11-10-16(35(4,5)31)12-21(17)34-3/h6-15,29-30H,28H2,1-5H3. The maximum Gasteiger partial charge on any atom is 0.419 e. The summed E-state index contributed by atoms with van der Waals surface area (Å²) in [5.41, 5.74) is 3.64. The van der Waals surface area contributed by atoms with Gasteiger partial charge in [-0.3, -0.25) is 0 Å². The molecule has 1 unspecified atom stereocenters. The van der Waals surface area contributed by atoms with Crippen LogP contribution in [-0.2, 0) is 20.1 Å². The molecule has 1 aliphatic rings. The summed E-state index contributed by atoms with van der Waals surface area (Å²) in [5.74, 6) is 0.230. The number of para-hydroxylation sites is 1. The highest BCUT2D eigenvalue weighted by atomic mass is 32.2. The van der Waals surface area contributed by atoms with Crippen molar-refractivity contribution in [1.82, 2.24) is 5.32 Å². The number of rotatable bonds is 7. The van der Waals surface area contributed by atoms with E-state index in [-0.39, 0.29) is 16.3 Å². The molecule has 3 rings (SSSR count). The number of alkyl halides is 3. The third kappa shape index (κ3) is 5.48. The first-order valence-corrected chi connectivity index (χ1v) is 15.1. The second-order valence-corrected chi connectivity index (χ2v) is 14.8. The number of hydrogen-bond donors (Lipinski definition) is 3. The van der Waals surface area contributed by atoms with Crippen LogP contribution in [0, 0.1) is 0 Å². The van der Waals surface area contributed by atoms with Crippen LogP contribution in [0.2, 0.25) is 0 Å². The Labute approximate surface area is 208 Å². The molecular weight excluding hydrogens is 514 g/mol. The summed E-state index contributed by atoms with van der Waals surface area (Å²) in [6, 6.07) is 10.4.